The highest BCUT2D eigenvalue weighted by Crippen LogP contribution is 2.44. The molecule has 0 bridgehead atoms. The molecule has 1 atom stereocenters. The van der Waals surface area contributed by atoms with E-state index in [1.165, 1.54) is 16.8 Å². The monoisotopic (exact) mass is 371 g/mol. The summed E-state index contributed by atoms with van der Waals surface area (Å²) in [5, 5.41) is 2.45. The number of benzene rings is 2. The first-order valence-electron chi connectivity index (χ1n) is 8.32. The zero-order valence-corrected chi connectivity index (χ0v) is 14.3. The number of halogens is 2. The summed E-state index contributed by atoms with van der Waals surface area (Å²) in [4.78, 5) is 41.1. The SMILES string of the molecule is CN1C(=O)c2ccccc2N2C(=O)CCC12C(=O)Nc1cc(F)cc(F)c1. The lowest BCUT2D eigenvalue weighted by atomic mass is 9.96. The van der Waals surface area contributed by atoms with E-state index >= 15 is 0 Å². The number of amides is 3. The average molecular weight is 371 g/mol. The largest absolute Gasteiger partial charge is 0.322 e. The molecule has 0 radical (unpaired) electrons. The number of para-hydroxylation sites is 1. The van der Waals surface area contributed by atoms with Crippen molar-refractivity contribution in [2.45, 2.75) is 18.5 Å². The maximum Gasteiger partial charge on any atom is 0.271 e. The minimum absolute atomic E-state index is 0.0664. The van der Waals surface area contributed by atoms with Gasteiger partial charge in [-0.1, -0.05) is 12.1 Å². The van der Waals surface area contributed by atoms with Gasteiger partial charge in [0.1, 0.15) is 11.6 Å². The summed E-state index contributed by atoms with van der Waals surface area (Å²) in [6.45, 7) is 0. The molecule has 1 fully saturated rings. The standard InChI is InChI=1S/C19H15F2N3O3/c1-23-17(26)14-4-2-3-5-15(14)24-16(25)6-7-19(23,24)18(27)22-13-9-11(20)8-12(21)10-13/h2-5,8-10H,6-7H2,1H3,(H,22,27). The van der Waals surface area contributed by atoms with Gasteiger partial charge in [-0.3, -0.25) is 19.3 Å². The molecule has 1 N–H and O–H groups in total. The molecule has 138 valence electrons. The van der Waals surface area contributed by atoms with Gasteiger partial charge in [0.15, 0.2) is 0 Å². The van der Waals surface area contributed by atoms with E-state index in [1.807, 2.05) is 0 Å². The van der Waals surface area contributed by atoms with Crippen LogP contribution in [-0.2, 0) is 9.59 Å². The van der Waals surface area contributed by atoms with Gasteiger partial charge in [-0.2, -0.15) is 0 Å². The van der Waals surface area contributed by atoms with Crippen molar-refractivity contribution in [2.24, 2.45) is 0 Å². The number of hydrogen-bond acceptors (Lipinski definition) is 3. The first kappa shape index (κ1) is 17.1. The molecule has 0 aromatic heterocycles. The van der Waals surface area contributed by atoms with Gasteiger partial charge in [0.05, 0.1) is 11.3 Å². The molecule has 1 unspecified atom stereocenters. The number of nitrogens with zero attached hydrogens (tertiary/aromatic N) is 2. The Hall–Kier alpha value is -3.29. The molecule has 8 heteroatoms. The van der Waals surface area contributed by atoms with Gasteiger partial charge < -0.3 is 10.2 Å². The van der Waals surface area contributed by atoms with E-state index in [0.29, 0.717) is 17.3 Å². The van der Waals surface area contributed by atoms with Crippen molar-refractivity contribution in [1.29, 1.82) is 0 Å². The molecule has 2 aromatic rings. The zero-order chi connectivity index (χ0) is 19.3. The van der Waals surface area contributed by atoms with Crippen LogP contribution in [0.3, 0.4) is 0 Å². The summed E-state index contributed by atoms with van der Waals surface area (Å²) >= 11 is 0. The van der Waals surface area contributed by atoms with Crippen molar-refractivity contribution < 1.29 is 23.2 Å². The van der Waals surface area contributed by atoms with Crippen molar-refractivity contribution in [2.75, 3.05) is 17.3 Å². The number of carbonyl (C=O) groups is 3. The average Bonchev–Trinajstić information content (AvgIpc) is 2.97. The smallest absolute Gasteiger partial charge is 0.271 e. The Morgan fingerprint density at radius 2 is 1.78 bits per heavy atom. The molecule has 2 aliphatic rings. The van der Waals surface area contributed by atoms with Gasteiger partial charge in [-0.05, 0) is 24.3 Å². The molecule has 2 aromatic carbocycles. The predicted octanol–water partition coefficient (Wildman–Crippen LogP) is 2.51. The predicted molar refractivity (Wildman–Crippen MR) is 93.0 cm³/mol. The minimum Gasteiger partial charge on any atom is -0.322 e. The number of anilines is 2. The molecule has 4 rings (SSSR count). The summed E-state index contributed by atoms with van der Waals surface area (Å²) < 4.78 is 26.9. The summed E-state index contributed by atoms with van der Waals surface area (Å²) in [7, 11) is 1.44. The van der Waals surface area contributed by atoms with E-state index in [-0.39, 0.29) is 24.4 Å². The van der Waals surface area contributed by atoms with Gasteiger partial charge in [-0.25, -0.2) is 8.78 Å². The molecular formula is C19H15F2N3O3. The highest BCUT2D eigenvalue weighted by atomic mass is 19.1. The maximum absolute atomic E-state index is 13.5. The molecule has 2 aliphatic heterocycles. The normalized spacial score (nSPS) is 21.1. The van der Waals surface area contributed by atoms with Crippen LogP contribution in [0.15, 0.2) is 42.5 Å². The third-order valence-electron chi connectivity index (χ3n) is 5.03. The summed E-state index contributed by atoms with van der Waals surface area (Å²) in [5.41, 5.74) is -1.02. The molecule has 6 nitrogen and oxygen atoms in total. The van der Waals surface area contributed by atoms with E-state index in [0.717, 1.165) is 12.1 Å². The third-order valence-corrected chi connectivity index (χ3v) is 5.03. The van der Waals surface area contributed by atoms with Crippen molar-refractivity contribution in [3.8, 4) is 0 Å². The second-order valence-corrected chi connectivity index (χ2v) is 6.54. The fourth-order valence-electron chi connectivity index (χ4n) is 3.79. The molecular weight excluding hydrogens is 356 g/mol. The summed E-state index contributed by atoms with van der Waals surface area (Å²) in [6.07, 6.45) is 0.142. The zero-order valence-electron chi connectivity index (χ0n) is 14.3. The topological polar surface area (TPSA) is 69.7 Å². The number of fused-ring (bicyclic) bond motifs is 3. The Morgan fingerprint density at radius 1 is 1.11 bits per heavy atom. The highest BCUT2D eigenvalue weighted by molar-refractivity contribution is 6.18. The third kappa shape index (κ3) is 2.40. The molecule has 0 spiro atoms. The quantitative estimate of drug-likeness (QED) is 0.882. The fourth-order valence-corrected chi connectivity index (χ4v) is 3.79. The second kappa shape index (κ2) is 5.87. The summed E-state index contributed by atoms with van der Waals surface area (Å²) in [5.74, 6) is -3.11. The van der Waals surface area contributed by atoms with Gasteiger partial charge in [0.2, 0.25) is 11.6 Å². The van der Waals surface area contributed by atoms with Crippen LogP contribution in [0.5, 0.6) is 0 Å². The molecule has 3 amide bonds. The van der Waals surface area contributed by atoms with Crippen LogP contribution < -0.4 is 10.2 Å². The lowest BCUT2D eigenvalue weighted by Crippen LogP contribution is -2.68. The van der Waals surface area contributed by atoms with E-state index in [9.17, 15) is 23.2 Å². The second-order valence-electron chi connectivity index (χ2n) is 6.54. The van der Waals surface area contributed by atoms with Crippen LogP contribution in [0, 0.1) is 11.6 Å². The first-order chi connectivity index (χ1) is 12.8. The van der Waals surface area contributed by atoms with Crippen LogP contribution in [0.4, 0.5) is 20.2 Å². The van der Waals surface area contributed by atoms with E-state index < -0.39 is 29.1 Å². The Balaban J connectivity index is 1.81. The van der Waals surface area contributed by atoms with E-state index in [2.05, 4.69) is 5.32 Å². The van der Waals surface area contributed by atoms with Crippen LogP contribution in [0.1, 0.15) is 23.2 Å². The van der Waals surface area contributed by atoms with Crippen molar-refractivity contribution >= 4 is 29.1 Å². The lowest BCUT2D eigenvalue weighted by Gasteiger charge is -2.47. The summed E-state index contributed by atoms with van der Waals surface area (Å²) in [6, 6.07) is 9.17. The van der Waals surface area contributed by atoms with Gasteiger partial charge >= 0.3 is 0 Å². The number of likely N-dealkylation sites (N-methyl/N-ethyl adjacent to an activating group) is 1. The van der Waals surface area contributed by atoms with Crippen molar-refractivity contribution in [3.05, 3.63) is 59.7 Å². The molecule has 0 saturated carbocycles. The van der Waals surface area contributed by atoms with E-state index in [4.69, 9.17) is 0 Å². The van der Waals surface area contributed by atoms with Gasteiger partial charge in [-0.15, -0.1) is 0 Å². The van der Waals surface area contributed by atoms with Crippen LogP contribution in [-0.4, -0.2) is 35.3 Å². The van der Waals surface area contributed by atoms with Crippen molar-refractivity contribution in [3.63, 3.8) is 0 Å². The molecule has 2 heterocycles. The minimum atomic E-state index is -1.59. The lowest BCUT2D eigenvalue weighted by molar-refractivity contribution is -0.128. The Bertz CT molecular complexity index is 974. The Labute approximate surface area is 153 Å². The molecule has 1 saturated heterocycles. The number of hydrogen-bond donors (Lipinski definition) is 1. The van der Waals surface area contributed by atoms with Gasteiger partial charge in [0.25, 0.3) is 11.8 Å². The van der Waals surface area contributed by atoms with Crippen LogP contribution >= 0.6 is 0 Å². The number of nitrogens with one attached hydrogen (secondary N) is 1. The Kier molecular flexibility index (Phi) is 3.73. The fraction of sp³-hybridized carbons (Fsp3) is 0.211. The highest BCUT2D eigenvalue weighted by Gasteiger charge is 2.59. The molecule has 0 aliphatic carbocycles. The molecule has 27 heavy (non-hydrogen) atoms. The van der Waals surface area contributed by atoms with E-state index in [1.54, 1.807) is 24.3 Å². The van der Waals surface area contributed by atoms with Crippen LogP contribution in [0.25, 0.3) is 0 Å². The van der Waals surface area contributed by atoms with Gasteiger partial charge in [0, 0.05) is 31.6 Å². The number of rotatable bonds is 2. The maximum atomic E-state index is 13.5. The van der Waals surface area contributed by atoms with Crippen LogP contribution in [0.2, 0.25) is 0 Å². The van der Waals surface area contributed by atoms with Crippen molar-refractivity contribution in [1.82, 2.24) is 4.90 Å². The number of carbonyl (C=O) groups excluding carboxylic acids is 3. The first-order valence-corrected chi connectivity index (χ1v) is 8.32. The Morgan fingerprint density at radius 3 is 2.48 bits per heavy atom.